The van der Waals surface area contributed by atoms with Crippen LogP contribution in [-0.2, 0) is 22.6 Å². The summed E-state index contributed by atoms with van der Waals surface area (Å²) in [7, 11) is 0. The van der Waals surface area contributed by atoms with Crippen LogP contribution >= 0.6 is 0 Å². The Bertz CT molecular complexity index is 1400. The smallest absolute Gasteiger partial charge is 0.853 e. The van der Waals surface area contributed by atoms with Crippen LogP contribution in [0.15, 0.2) is 97.1 Å². The molecule has 0 saturated heterocycles. The molecule has 0 aliphatic heterocycles. The predicted molar refractivity (Wildman–Crippen MR) is 159 cm³/mol. The minimum Gasteiger partial charge on any atom is -0.853 e. The van der Waals surface area contributed by atoms with E-state index < -0.39 is 0 Å². The largest absolute Gasteiger partial charge is 1.00 e. The van der Waals surface area contributed by atoms with Gasteiger partial charge in [-0.25, -0.2) is 0 Å². The number of aromatic nitrogens is 2. The Kier molecular flexibility index (Phi) is 12.7. The number of nitrogens with zero attached hydrogens (tertiary/aromatic N) is 2. The van der Waals surface area contributed by atoms with Crippen LogP contribution in [-0.4, -0.2) is 53.9 Å². The molecule has 6 nitrogen and oxygen atoms in total. The van der Waals surface area contributed by atoms with Crippen molar-refractivity contribution in [3.8, 4) is 0 Å². The molecular weight excluding hydrogens is 511 g/mol. The van der Waals surface area contributed by atoms with E-state index in [0.29, 0.717) is 19.8 Å². The zero-order chi connectivity index (χ0) is 26.2. The van der Waals surface area contributed by atoms with E-state index in [1.807, 2.05) is 0 Å². The van der Waals surface area contributed by atoms with Gasteiger partial charge in [-0.05, 0) is 24.3 Å². The SMILES string of the molecule is C.OCCOCCn1c2ccccc2c2ccccc21.[Na+].[O-]CCOCCn1c2ccccc2c2ccccc21. The average Bonchev–Trinajstić information content (AvgIpc) is 3.47. The molecule has 204 valence electrons. The van der Waals surface area contributed by atoms with E-state index in [4.69, 9.17) is 14.6 Å². The van der Waals surface area contributed by atoms with Crippen LogP contribution in [0.3, 0.4) is 0 Å². The van der Waals surface area contributed by atoms with Gasteiger partial charge in [0.1, 0.15) is 0 Å². The molecule has 6 rings (SSSR count). The first-order chi connectivity index (χ1) is 18.8. The van der Waals surface area contributed by atoms with Gasteiger partial charge in [0.05, 0.1) is 26.4 Å². The van der Waals surface area contributed by atoms with Gasteiger partial charge in [-0.1, -0.05) is 80.2 Å². The number of rotatable bonds is 10. The number of hydrogen-bond donors (Lipinski definition) is 1. The minimum absolute atomic E-state index is 0. The summed E-state index contributed by atoms with van der Waals surface area (Å²) in [4.78, 5) is 0. The molecule has 0 spiro atoms. The Balaban J connectivity index is 0.000000210. The first-order valence-corrected chi connectivity index (χ1v) is 13.1. The molecule has 0 amide bonds. The summed E-state index contributed by atoms with van der Waals surface area (Å²) in [5.74, 6) is 0. The van der Waals surface area contributed by atoms with E-state index in [-0.39, 0.29) is 56.8 Å². The van der Waals surface area contributed by atoms with E-state index in [1.54, 1.807) is 0 Å². The second-order valence-corrected chi connectivity index (χ2v) is 9.02. The molecule has 7 heteroatoms. The molecular formula is C33H37N2NaO4. The number of hydrogen-bond acceptors (Lipinski definition) is 4. The first-order valence-electron chi connectivity index (χ1n) is 13.1. The van der Waals surface area contributed by atoms with Crippen LogP contribution in [0.25, 0.3) is 43.6 Å². The van der Waals surface area contributed by atoms with Gasteiger partial charge < -0.3 is 28.8 Å². The van der Waals surface area contributed by atoms with Crippen molar-refractivity contribution in [2.24, 2.45) is 0 Å². The third-order valence-corrected chi connectivity index (χ3v) is 6.74. The maximum atomic E-state index is 10.4. The summed E-state index contributed by atoms with van der Waals surface area (Å²) < 4.78 is 15.2. The van der Waals surface area contributed by atoms with Crippen molar-refractivity contribution in [3.63, 3.8) is 0 Å². The maximum absolute atomic E-state index is 10.4. The van der Waals surface area contributed by atoms with Crippen molar-refractivity contribution in [3.05, 3.63) is 97.1 Å². The Morgan fingerprint density at radius 1 is 0.525 bits per heavy atom. The van der Waals surface area contributed by atoms with Gasteiger partial charge >= 0.3 is 29.6 Å². The fraction of sp³-hybridized carbons (Fsp3) is 0.273. The fourth-order valence-electron chi connectivity index (χ4n) is 5.13. The van der Waals surface area contributed by atoms with Crippen LogP contribution in [0.2, 0.25) is 0 Å². The van der Waals surface area contributed by atoms with E-state index >= 15 is 0 Å². The standard InChI is InChI=1S/C16H17NO2.C16H16NO2.CH4.Na/c2*18-10-12-19-11-9-17-15-7-3-1-5-13(15)14-6-2-4-8-16(14)17;;/h1-8,18H,9-12H2;1-8H,9-12H2;1H4;/q;-1;;+1. The van der Waals surface area contributed by atoms with Gasteiger partial charge in [-0.3, -0.25) is 0 Å². The molecule has 40 heavy (non-hydrogen) atoms. The first kappa shape index (κ1) is 31.8. The van der Waals surface area contributed by atoms with Crippen molar-refractivity contribution in [2.45, 2.75) is 20.5 Å². The monoisotopic (exact) mass is 548 g/mol. The molecule has 2 heterocycles. The summed E-state index contributed by atoms with van der Waals surface area (Å²) >= 11 is 0. The number of aliphatic hydroxyl groups excluding tert-OH is 1. The van der Waals surface area contributed by atoms with Crippen molar-refractivity contribution in [1.29, 1.82) is 0 Å². The molecule has 1 N–H and O–H groups in total. The van der Waals surface area contributed by atoms with Crippen LogP contribution in [0.5, 0.6) is 0 Å². The van der Waals surface area contributed by atoms with Crippen molar-refractivity contribution in [1.82, 2.24) is 9.13 Å². The molecule has 0 aliphatic carbocycles. The summed E-state index contributed by atoms with van der Waals surface area (Å²) in [5, 5.41) is 24.2. The second-order valence-electron chi connectivity index (χ2n) is 9.02. The predicted octanol–water partition coefficient (Wildman–Crippen LogP) is 2.61. The molecule has 4 aromatic carbocycles. The Morgan fingerprint density at radius 3 is 1.18 bits per heavy atom. The maximum Gasteiger partial charge on any atom is 1.00 e. The van der Waals surface area contributed by atoms with E-state index in [1.165, 1.54) is 43.6 Å². The minimum atomic E-state index is -0.173. The van der Waals surface area contributed by atoms with Crippen LogP contribution < -0.4 is 34.7 Å². The van der Waals surface area contributed by atoms with Crippen LogP contribution in [0.4, 0.5) is 0 Å². The Morgan fingerprint density at radius 2 is 0.850 bits per heavy atom. The second kappa shape index (κ2) is 15.9. The van der Waals surface area contributed by atoms with Crippen molar-refractivity contribution < 1.29 is 49.2 Å². The zero-order valence-electron chi connectivity index (χ0n) is 22.5. The summed E-state index contributed by atoms with van der Waals surface area (Å²) in [6.45, 7) is 3.35. The third kappa shape index (κ3) is 6.96. The normalized spacial score (nSPS) is 10.8. The molecule has 0 unspecified atom stereocenters. The number of aliphatic hydroxyl groups is 1. The number of ether oxygens (including phenoxy) is 2. The fourth-order valence-corrected chi connectivity index (χ4v) is 5.13. The van der Waals surface area contributed by atoms with Crippen molar-refractivity contribution >= 4 is 43.6 Å². The summed E-state index contributed by atoms with van der Waals surface area (Å²) in [5.41, 5.74) is 4.90. The topological polar surface area (TPSA) is 71.6 Å². The van der Waals surface area contributed by atoms with Crippen molar-refractivity contribution in [2.75, 3.05) is 39.6 Å². The molecule has 0 bridgehead atoms. The molecule has 0 radical (unpaired) electrons. The Hall–Kier alpha value is -2.68. The molecule has 0 aliphatic rings. The van der Waals surface area contributed by atoms with Gasteiger partial charge in [0.25, 0.3) is 0 Å². The van der Waals surface area contributed by atoms with Gasteiger partial charge in [0, 0.05) is 63.3 Å². The van der Waals surface area contributed by atoms with Crippen LogP contribution in [0.1, 0.15) is 7.43 Å². The number of fused-ring (bicyclic) bond motifs is 6. The summed E-state index contributed by atoms with van der Waals surface area (Å²) in [6, 6.07) is 33.6. The molecule has 6 aromatic rings. The van der Waals surface area contributed by atoms with E-state index in [2.05, 4.69) is 106 Å². The molecule has 0 saturated carbocycles. The van der Waals surface area contributed by atoms with Crippen LogP contribution in [0, 0.1) is 0 Å². The number of para-hydroxylation sites is 4. The van der Waals surface area contributed by atoms with Gasteiger partial charge in [-0.2, -0.15) is 0 Å². The number of benzene rings is 4. The Labute approximate surface area is 258 Å². The van der Waals surface area contributed by atoms with Gasteiger partial charge in [-0.15, -0.1) is 6.61 Å². The molecule has 0 atom stereocenters. The third-order valence-electron chi connectivity index (χ3n) is 6.74. The zero-order valence-corrected chi connectivity index (χ0v) is 24.5. The summed E-state index contributed by atoms with van der Waals surface area (Å²) in [6.07, 6.45) is 0. The van der Waals surface area contributed by atoms with E-state index in [9.17, 15) is 5.11 Å². The van der Waals surface area contributed by atoms with Gasteiger partial charge in [0.2, 0.25) is 0 Å². The molecule has 2 aromatic heterocycles. The van der Waals surface area contributed by atoms with Gasteiger partial charge in [0.15, 0.2) is 0 Å². The molecule has 0 fully saturated rings. The average molecular weight is 549 g/mol. The quantitative estimate of drug-likeness (QED) is 0.211. The van der Waals surface area contributed by atoms with E-state index in [0.717, 1.165) is 13.1 Å².